The van der Waals surface area contributed by atoms with Crippen LogP contribution in [-0.2, 0) is 9.53 Å². The van der Waals surface area contributed by atoms with Gasteiger partial charge in [-0.1, -0.05) is 52.4 Å². The topological polar surface area (TPSA) is 50.1 Å². The molecule has 0 bridgehead atoms. The van der Waals surface area contributed by atoms with Crippen LogP contribution in [0.25, 0.3) is 0 Å². The van der Waals surface area contributed by atoms with Crippen LogP contribution in [-0.4, -0.2) is 12.1 Å². The summed E-state index contributed by atoms with van der Waals surface area (Å²) in [4.78, 5) is 12.5. The van der Waals surface area contributed by atoms with Gasteiger partial charge in [-0.25, -0.2) is 0 Å². The minimum atomic E-state index is -0.179. The molecule has 0 heterocycles. The number of carbonyl (C=O) groups excluding carboxylic acids is 1. The lowest BCUT2D eigenvalue weighted by Gasteiger charge is -2.35. The Kier molecular flexibility index (Phi) is 8.96. The summed E-state index contributed by atoms with van der Waals surface area (Å²) in [6, 6.07) is 2.54. The van der Waals surface area contributed by atoms with Gasteiger partial charge in [-0.05, 0) is 63.7 Å². The van der Waals surface area contributed by atoms with E-state index in [2.05, 4.69) is 19.9 Å². The first-order valence-electron chi connectivity index (χ1n) is 11.2. The summed E-state index contributed by atoms with van der Waals surface area (Å²) in [5.74, 6) is 0.890. The van der Waals surface area contributed by atoms with Crippen molar-refractivity contribution in [2.45, 2.75) is 116 Å². The number of hydrogen-bond donors (Lipinski definition) is 0. The van der Waals surface area contributed by atoms with Gasteiger partial charge in [0.1, 0.15) is 6.10 Å². The van der Waals surface area contributed by atoms with E-state index in [-0.39, 0.29) is 23.4 Å². The fourth-order valence-corrected chi connectivity index (χ4v) is 4.96. The minimum absolute atomic E-state index is 0.0134. The molecule has 2 rings (SSSR count). The van der Waals surface area contributed by atoms with E-state index in [0.29, 0.717) is 0 Å². The average molecular weight is 362 g/mol. The molecule has 0 aromatic heterocycles. The summed E-state index contributed by atoms with van der Waals surface area (Å²) in [6.07, 6.45) is 16.9. The van der Waals surface area contributed by atoms with Crippen molar-refractivity contribution in [1.82, 2.24) is 0 Å². The molecule has 3 nitrogen and oxygen atoms in total. The third-order valence-electron chi connectivity index (χ3n) is 6.78. The van der Waals surface area contributed by atoms with Gasteiger partial charge in [-0.3, -0.25) is 4.79 Å². The van der Waals surface area contributed by atoms with Crippen molar-refractivity contribution in [3.05, 3.63) is 0 Å². The SMILES string of the molecule is CCCCCC[C@H]1CC[C@H](OC(=O)[C@H]2CC[C@](C#N)(CCC)CC2)CC1. The highest BCUT2D eigenvalue weighted by atomic mass is 16.5. The van der Waals surface area contributed by atoms with Gasteiger partial charge >= 0.3 is 5.97 Å². The quantitative estimate of drug-likeness (QED) is 0.345. The van der Waals surface area contributed by atoms with E-state index in [1.807, 2.05) is 0 Å². The third-order valence-corrected chi connectivity index (χ3v) is 6.78. The highest BCUT2D eigenvalue weighted by molar-refractivity contribution is 5.72. The van der Waals surface area contributed by atoms with Gasteiger partial charge in [0.05, 0.1) is 17.4 Å². The monoisotopic (exact) mass is 361 g/mol. The van der Waals surface area contributed by atoms with Crippen LogP contribution in [0.4, 0.5) is 0 Å². The molecule has 0 N–H and O–H groups in total. The van der Waals surface area contributed by atoms with Crippen molar-refractivity contribution in [3.63, 3.8) is 0 Å². The van der Waals surface area contributed by atoms with E-state index >= 15 is 0 Å². The first kappa shape index (κ1) is 21.3. The van der Waals surface area contributed by atoms with Crippen LogP contribution in [0.3, 0.4) is 0 Å². The first-order valence-corrected chi connectivity index (χ1v) is 11.2. The molecule has 0 aromatic carbocycles. The molecule has 2 aliphatic carbocycles. The Labute approximate surface area is 160 Å². The number of nitrogens with zero attached hydrogens (tertiary/aromatic N) is 1. The predicted octanol–water partition coefficient (Wildman–Crippen LogP) is 6.56. The van der Waals surface area contributed by atoms with Crippen LogP contribution in [0.15, 0.2) is 0 Å². The van der Waals surface area contributed by atoms with Crippen LogP contribution in [0.2, 0.25) is 0 Å². The Balaban J connectivity index is 1.66. The minimum Gasteiger partial charge on any atom is -0.462 e. The normalized spacial score (nSPS) is 32.0. The molecular weight excluding hydrogens is 322 g/mol. The lowest BCUT2D eigenvalue weighted by molar-refractivity contribution is -0.157. The van der Waals surface area contributed by atoms with Gasteiger partial charge in [0.25, 0.3) is 0 Å². The molecule has 0 unspecified atom stereocenters. The molecule has 0 spiro atoms. The van der Waals surface area contributed by atoms with Crippen molar-refractivity contribution < 1.29 is 9.53 Å². The molecule has 2 aliphatic rings. The van der Waals surface area contributed by atoms with Crippen LogP contribution in [0.5, 0.6) is 0 Å². The van der Waals surface area contributed by atoms with E-state index in [9.17, 15) is 10.1 Å². The lowest BCUT2D eigenvalue weighted by Crippen LogP contribution is -2.33. The molecule has 0 saturated heterocycles. The standard InChI is InChI=1S/C23H39NO2/c1-3-5-6-7-8-19-9-11-21(12-10-19)26-22(25)20-13-16-23(18-24,15-4-2)17-14-20/h19-21H,3-17H2,1-2H3/t19-,20-,21-,23+. The lowest BCUT2D eigenvalue weighted by atomic mass is 9.69. The fraction of sp³-hybridized carbons (Fsp3) is 0.913. The summed E-state index contributed by atoms with van der Waals surface area (Å²) in [7, 11) is 0. The van der Waals surface area contributed by atoms with Gasteiger partial charge in [-0.15, -0.1) is 0 Å². The Bertz CT molecular complexity index is 451. The molecular formula is C23H39NO2. The molecule has 148 valence electrons. The van der Waals surface area contributed by atoms with Gasteiger partial charge in [0, 0.05) is 0 Å². The summed E-state index contributed by atoms with van der Waals surface area (Å²) >= 11 is 0. The number of hydrogen-bond acceptors (Lipinski definition) is 3. The third kappa shape index (κ3) is 6.29. The van der Waals surface area contributed by atoms with Gasteiger partial charge in [0.2, 0.25) is 0 Å². The summed E-state index contributed by atoms with van der Waals surface area (Å²) in [5.41, 5.74) is -0.179. The van der Waals surface area contributed by atoms with Crippen molar-refractivity contribution in [1.29, 1.82) is 5.26 Å². The highest BCUT2D eigenvalue weighted by Crippen LogP contribution is 2.42. The van der Waals surface area contributed by atoms with Crippen molar-refractivity contribution in [2.24, 2.45) is 17.3 Å². The Morgan fingerprint density at radius 1 is 1.00 bits per heavy atom. The summed E-state index contributed by atoms with van der Waals surface area (Å²) in [6.45, 7) is 4.40. The Hall–Kier alpha value is -1.04. The van der Waals surface area contributed by atoms with Gasteiger partial charge in [0.15, 0.2) is 0 Å². The molecule has 0 aliphatic heterocycles. The van der Waals surface area contributed by atoms with E-state index < -0.39 is 0 Å². The second kappa shape index (κ2) is 11.0. The number of nitriles is 1. The molecule has 3 heteroatoms. The van der Waals surface area contributed by atoms with E-state index in [1.54, 1.807) is 0 Å². The predicted molar refractivity (Wildman–Crippen MR) is 106 cm³/mol. The second-order valence-electron chi connectivity index (χ2n) is 8.85. The molecule has 2 fully saturated rings. The average Bonchev–Trinajstić information content (AvgIpc) is 2.67. The molecule has 0 aromatic rings. The maximum absolute atomic E-state index is 12.5. The van der Waals surface area contributed by atoms with Crippen molar-refractivity contribution in [3.8, 4) is 6.07 Å². The van der Waals surface area contributed by atoms with Crippen molar-refractivity contribution >= 4 is 5.97 Å². The number of esters is 1. The largest absolute Gasteiger partial charge is 0.462 e. The Morgan fingerprint density at radius 2 is 1.69 bits per heavy atom. The maximum Gasteiger partial charge on any atom is 0.309 e. The number of unbranched alkanes of at least 4 members (excludes halogenated alkanes) is 3. The molecule has 0 radical (unpaired) electrons. The Morgan fingerprint density at radius 3 is 2.27 bits per heavy atom. The van der Waals surface area contributed by atoms with E-state index in [4.69, 9.17) is 4.74 Å². The molecule has 0 amide bonds. The molecule has 0 atom stereocenters. The van der Waals surface area contributed by atoms with Crippen LogP contribution >= 0.6 is 0 Å². The zero-order valence-electron chi connectivity index (χ0n) is 17.1. The van der Waals surface area contributed by atoms with E-state index in [1.165, 1.54) is 44.9 Å². The number of carbonyl (C=O) groups is 1. The van der Waals surface area contributed by atoms with Gasteiger partial charge < -0.3 is 4.74 Å². The van der Waals surface area contributed by atoms with Crippen LogP contribution in [0.1, 0.15) is 110 Å². The number of rotatable bonds is 9. The first-order chi connectivity index (χ1) is 12.6. The van der Waals surface area contributed by atoms with Crippen molar-refractivity contribution in [2.75, 3.05) is 0 Å². The highest BCUT2D eigenvalue weighted by Gasteiger charge is 2.38. The zero-order chi connectivity index (χ0) is 18.8. The zero-order valence-corrected chi connectivity index (χ0v) is 17.1. The molecule has 2 saturated carbocycles. The maximum atomic E-state index is 12.5. The van der Waals surface area contributed by atoms with Gasteiger partial charge in [-0.2, -0.15) is 5.26 Å². The van der Waals surface area contributed by atoms with E-state index in [0.717, 1.165) is 57.3 Å². The smallest absolute Gasteiger partial charge is 0.309 e. The summed E-state index contributed by atoms with van der Waals surface area (Å²) in [5, 5.41) is 9.51. The number of ether oxygens (including phenoxy) is 1. The van der Waals surface area contributed by atoms with Crippen LogP contribution in [0, 0.1) is 28.6 Å². The van der Waals surface area contributed by atoms with Crippen LogP contribution < -0.4 is 0 Å². The fourth-order valence-electron chi connectivity index (χ4n) is 4.96. The second-order valence-corrected chi connectivity index (χ2v) is 8.85. The summed E-state index contributed by atoms with van der Waals surface area (Å²) < 4.78 is 5.86. The molecule has 26 heavy (non-hydrogen) atoms.